The highest BCUT2D eigenvalue weighted by Crippen LogP contribution is 2.26. The van der Waals surface area contributed by atoms with E-state index in [2.05, 4.69) is 0 Å². The van der Waals surface area contributed by atoms with Crippen LogP contribution >= 0.6 is 0 Å². The largest absolute Gasteiger partial charge is 0.401 e. The molecule has 0 aliphatic carbocycles. The molecule has 0 N–H and O–H groups in total. The molecule has 0 aromatic heterocycles. The molecule has 1 unspecified atom stereocenters. The zero-order chi connectivity index (χ0) is 7.65. The van der Waals surface area contributed by atoms with E-state index in [1.54, 1.807) is 0 Å². The van der Waals surface area contributed by atoms with E-state index in [-0.39, 0.29) is 0 Å². The first kappa shape index (κ1) is 8.39. The minimum Gasteiger partial charge on any atom is -0.260 e. The zero-order valence-electron chi connectivity index (χ0n) is 4.50. The highest BCUT2D eigenvalue weighted by atomic mass is 19.4. The first-order valence-electron chi connectivity index (χ1n) is 2.11. The van der Waals surface area contributed by atoms with E-state index in [0.717, 1.165) is 0 Å². The van der Waals surface area contributed by atoms with Gasteiger partial charge < -0.3 is 0 Å². The van der Waals surface area contributed by atoms with E-state index in [4.69, 9.17) is 0 Å². The second-order valence-corrected chi connectivity index (χ2v) is 1.57. The van der Waals surface area contributed by atoms with Gasteiger partial charge in [-0.3, -0.25) is 4.79 Å². The Morgan fingerprint density at radius 1 is 1.44 bits per heavy atom. The molecule has 0 aliphatic rings. The lowest BCUT2D eigenvalue weighted by Gasteiger charge is -2.08. The Balaban J connectivity index is 4.04. The Bertz CT molecular complexity index is 116. The summed E-state index contributed by atoms with van der Waals surface area (Å²) >= 11 is 0. The Morgan fingerprint density at radius 3 is 1.78 bits per heavy atom. The van der Waals surface area contributed by atoms with E-state index in [9.17, 15) is 22.4 Å². The van der Waals surface area contributed by atoms with Crippen LogP contribution in [0.2, 0.25) is 0 Å². The van der Waals surface area contributed by atoms with E-state index in [1.807, 2.05) is 0 Å². The van der Waals surface area contributed by atoms with Gasteiger partial charge in [-0.05, 0) is 6.92 Å². The van der Waals surface area contributed by atoms with Crippen molar-refractivity contribution in [3.8, 4) is 0 Å². The lowest BCUT2D eigenvalue weighted by molar-refractivity contribution is -0.184. The van der Waals surface area contributed by atoms with Gasteiger partial charge in [-0.1, -0.05) is 0 Å². The quantitative estimate of drug-likeness (QED) is 0.404. The number of carbonyl (C=O) groups excluding carboxylic acids is 1. The van der Waals surface area contributed by atoms with Crippen molar-refractivity contribution in [2.75, 3.05) is 0 Å². The highest BCUT2D eigenvalue weighted by Gasteiger charge is 2.41. The maximum Gasteiger partial charge on any atom is 0.401 e. The molecular formula is C4H4F4O. The fraction of sp³-hybridized carbons (Fsp3) is 0.750. The van der Waals surface area contributed by atoms with Crippen LogP contribution in [0.3, 0.4) is 0 Å². The lowest BCUT2D eigenvalue weighted by atomic mass is 10.2. The molecule has 0 amide bonds. The van der Waals surface area contributed by atoms with Crippen molar-refractivity contribution >= 4 is 6.04 Å². The molecule has 9 heavy (non-hydrogen) atoms. The average molecular weight is 144 g/mol. The van der Waals surface area contributed by atoms with Gasteiger partial charge in [0.15, 0.2) is 0 Å². The van der Waals surface area contributed by atoms with Crippen molar-refractivity contribution in [3.05, 3.63) is 0 Å². The molecule has 0 saturated heterocycles. The Morgan fingerprint density at radius 2 is 1.78 bits per heavy atom. The molecule has 0 radical (unpaired) electrons. The smallest absolute Gasteiger partial charge is 0.260 e. The van der Waals surface area contributed by atoms with Crippen LogP contribution in [0.15, 0.2) is 0 Å². The summed E-state index contributed by atoms with van der Waals surface area (Å²) in [4.78, 5) is 9.40. The number of hydrogen-bond donors (Lipinski definition) is 0. The topological polar surface area (TPSA) is 17.1 Å². The summed E-state index contributed by atoms with van der Waals surface area (Å²) in [5.74, 6) is -2.49. The molecule has 1 atom stereocenters. The van der Waals surface area contributed by atoms with Crippen LogP contribution in [0.4, 0.5) is 17.6 Å². The summed E-state index contributed by atoms with van der Waals surface area (Å²) in [6, 6.07) is -2.34. The molecule has 5 heteroatoms. The minimum absolute atomic E-state index is 0.475. The minimum atomic E-state index is -4.74. The van der Waals surface area contributed by atoms with Crippen molar-refractivity contribution < 1.29 is 22.4 Å². The number of hydrogen-bond acceptors (Lipinski definition) is 1. The molecule has 0 saturated carbocycles. The van der Waals surface area contributed by atoms with Crippen molar-refractivity contribution in [2.45, 2.75) is 13.1 Å². The van der Waals surface area contributed by atoms with Crippen LogP contribution in [0.5, 0.6) is 0 Å². The molecule has 54 valence electrons. The SMILES string of the molecule is CC(C(=O)F)C(F)(F)F. The number of halogens is 4. The molecule has 0 fully saturated rings. The van der Waals surface area contributed by atoms with Gasteiger partial charge in [0.1, 0.15) is 5.92 Å². The number of alkyl halides is 3. The molecule has 1 nitrogen and oxygen atoms in total. The van der Waals surface area contributed by atoms with Gasteiger partial charge >= 0.3 is 12.2 Å². The Hall–Kier alpha value is -0.610. The molecule has 0 aromatic carbocycles. The van der Waals surface area contributed by atoms with Crippen LogP contribution in [-0.4, -0.2) is 12.2 Å². The normalized spacial score (nSPS) is 15.2. The van der Waals surface area contributed by atoms with Crippen LogP contribution < -0.4 is 0 Å². The van der Waals surface area contributed by atoms with E-state index < -0.39 is 18.1 Å². The zero-order valence-corrected chi connectivity index (χ0v) is 4.50. The molecule has 0 heterocycles. The second-order valence-electron chi connectivity index (χ2n) is 1.57. The average Bonchev–Trinajstić information content (AvgIpc) is 1.62. The third-order valence-corrected chi connectivity index (χ3v) is 0.831. The molecule has 0 spiro atoms. The van der Waals surface area contributed by atoms with Gasteiger partial charge in [0.05, 0.1) is 0 Å². The summed E-state index contributed by atoms with van der Waals surface area (Å²) in [6.45, 7) is 0.475. The van der Waals surface area contributed by atoms with Gasteiger partial charge in [-0.2, -0.15) is 17.6 Å². The van der Waals surface area contributed by atoms with E-state index >= 15 is 0 Å². The number of rotatable bonds is 1. The Labute approximate surface area is 48.7 Å². The van der Waals surface area contributed by atoms with Crippen molar-refractivity contribution in [1.29, 1.82) is 0 Å². The first-order valence-corrected chi connectivity index (χ1v) is 2.11. The predicted molar refractivity (Wildman–Crippen MR) is 21.3 cm³/mol. The second kappa shape index (κ2) is 2.33. The fourth-order valence-electron chi connectivity index (χ4n) is 0.129. The van der Waals surface area contributed by atoms with Gasteiger partial charge in [-0.15, -0.1) is 0 Å². The number of carbonyl (C=O) groups is 1. The van der Waals surface area contributed by atoms with Gasteiger partial charge in [0.2, 0.25) is 0 Å². The monoisotopic (exact) mass is 144 g/mol. The van der Waals surface area contributed by atoms with Gasteiger partial charge in [0.25, 0.3) is 0 Å². The summed E-state index contributed by atoms with van der Waals surface area (Å²) < 4.78 is 44.9. The molecule has 0 aliphatic heterocycles. The van der Waals surface area contributed by atoms with Crippen LogP contribution in [0, 0.1) is 5.92 Å². The molecule has 0 bridgehead atoms. The first-order chi connectivity index (χ1) is 3.85. The summed E-state index contributed by atoms with van der Waals surface area (Å²) in [5.41, 5.74) is 0. The van der Waals surface area contributed by atoms with Crippen molar-refractivity contribution in [2.24, 2.45) is 5.92 Å². The fourth-order valence-corrected chi connectivity index (χ4v) is 0.129. The van der Waals surface area contributed by atoms with Gasteiger partial charge in [0, 0.05) is 0 Å². The van der Waals surface area contributed by atoms with Crippen LogP contribution in [0.1, 0.15) is 6.92 Å². The van der Waals surface area contributed by atoms with Crippen LogP contribution in [0.25, 0.3) is 0 Å². The van der Waals surface area contributed by atoms with Crippen molar-refractivity contribution in [3.63, 3.8) is 0 Å². The van der Waals surface area contributed by atoms with E-state index in [0.29, 0.717) is 6.92 Å². The highest BCUT2D eigenvalue weighted by molar-refractivity contribution is 5.71. The Kier molecular flexibility index (Phi) is 2.17. The summed E-state index contributed by atoms with van der Waals surface area (Å²) in [6.07, 6.45) is -4.74. The standard InChI is InChI=1S/C4H4F4O/c1-2(3(5)9)4(6,7)8/h2H,1H3. The summed E-state index contributed by atoms with van der Waals surface area (Å²) in [5, 5.41) is 0. The molecule has 0 rings (SSSR count). The third kappa shape index (κ3) is 2.43. The molecular weight excluding hydrogens is 140 g/mol. The van der Waals surface area contributed by atoms with Gasteiger partial charge in [-0.25, -0.2) is 0 Å². The van der Waals surface area contributed by atoms with E-state index in [1.165, 1.54) is 0 Å². The third-order valence-electron chi connectivity index (χ3n) is 0.831. The van der Waals surface area contributed by atoms with Crippen molar-refractivity contribution in [1.82, 2.24) is 0 Å². The summed E-state index contributed by atoms with van der Waals surface area (Å²) in [7, 11) is 0. The predicted octanol–water partition coefficient (Wildman–Crippen LogP) is 1.68. The maximum atomic E-state index is 11.2. The lowest BCUT2D eigenvalue weighted by Crippen LogP contribution is -2.25. The molecule has 0 aromatic rings. The maximum absolute atomic E-state index is 11.2. The van der Waals surface area contributed by atoms with Crippen LogP contribution in [-0.2, 0) is 4.79 Å².